The SMILES string of the molecule is CCOC(=O)[C@]12CCCN(Cc3ccc(OC)cc3)C[C@H]1CN(Cc1ccoc1)C2.O=C(O)C(F)(F)F.O=C(O)C(F)(F)F. The number of nitrogens with zero attached hydrogens (tertiary/aromatic N) is 2. The van der Waals surface area contributed by atoms with Crippen molar-refractivity contribution >= 4 is 17.9 Å². The molecule has 246 valence electrons. The molecule has 10 nitrogen and oxygen atoms in total. The number of halogens is 6. The van der Waals surface area contributed by atoms with Crippen molar-refractivity contribution < 1.29 is 64.8 Å². The predicted molar refractivity (Wildman–Crippen MR) is 141 cm³/mol. The number of alkyl halides is 6. The molecule has 2 fully saturated rings. The lowest BCUT2D eigenvalue weighted by Gasteiger charge is -2.31. The van der Waals surface area contributed by atoms with Crippen LogP contribution < -0.4 is 4.74 Å². The van der Waals surface area contributed by atoms with Gasteiger partial charge in [0.25, 0.3) is 0 Å². The lowest BCUT2D eigenvalue weighted by molar-refractivity contribution is -0.193. The first kappa shape index (κ1) is 36.4. The Kier molecular flexibility index (Phi) is 13.1. The van der Waals surface area contributed by atoms with Crippen LogP contribution in [0.4, 0.5) is 26.3 Å². The maximum Gasteiger partial charge on any atom is 0.490 e. The monoisotopic (exact) mass is 640 g/mol. The van der Waals surface area contributed by atoms with Crippen molar-refractivity contribution in [3.05, 3.63) is 54.0 Å². The number of carbonyl (C=O) groups is 3. The van der Waals surface area contributed by atoms with Gasteiger partial charge in [-0.2, -0.15) is 26.3 Å². The summed E-state index contributed by atoms with van der Waals surface area (Å²) in [7, 11) is 1.69. The summed E-state index contributed by atoms with van der Waals surface area (Å²) >= 11 is 0. The number of hydrogen-bond donors (Lipinski definition) is 2. The van der Waals surface area contributed by atoms with Crippen LogP contribution in [0.5, 0.6) is 5.75 Å². The van der Waals surface area contributed by atoms with Crippen LogP contribution >= 0.6 is 0 Å². The molecule has 16 heteroatoms. The molecule has 0 aliphatic carbocycles. The number of carboxylic acids is 2. The van der Waals surface area contributed by atoms with Gasteiger partial charge in [0, 0.05) is 44.2 Å². The highest BCUT2D eigenvalue weighted by molar-refractivity contribution is 5.78. The summed E-state index contributed by atoms with van der Waals surface area (Å²) in [6.07, 6.45) is -4.77. The van der Waals surface area contributed by atoms with Crippen LogP contribution in [0.3, 0.4) is 0 Å². The van der Waals surface area contributed by atoms with Gasteiger partial charge in [0.1, 0.15) is 5.75 Å². The molecule has 2 atom stereocenters. The van der Waals surface area contributed by atoms with Gasteiger partial charge >= 0.3 is 30.3 Å². The van der Waals surface area contributed by atoms with E-state index in [0.29, 0.717) is 6.61 Å². The summed E-state index contributed by atoms with van der Waals surface area (Å²) in [6, 6.07) is 10.3. The Morgan fingerprint density at radius 2 is 1.48 bits per heavy atom. The zero-order valence-corrected chi connectivity index (χ0v) is 24.0. The number of hydrogen-bond acceptors (Lipinski definition) is 8. The van der Waals surface area contributed by atoms with Crippen molar-refractivity contribution in [3.63, 3.8) is 0 Å². The number of methoxy groups -OCH3 is 1. The van der Waals surface area contributed by atoms with E-state index >= 15 is 0 Å². The van der Waals surface area contributed by atoms with Crippen molar-refractivity contribution in [3.8, 4) is 5.75 Å². The van der Waals surface area contributed by atoms with Gasteiger partial charge in [0.05, 0.1) is 31.7 Å². The van der Waals surface area contributed by atoms with Gasteiger partial charge in [-0.1, -0.05) is 12.1 Å². The lowest BCUT2D eigenvalue weighted by atomic mass is 9.75. The Hall–Kier alpha value is -3.79. The molecule has 0 radical (unpaired) electrons. The van der Waals surface area contributed by atoms with Crippen LogP contribution in [0.1, 0.15) is 30.9 Å². The van der Waals surface area contributed by atoms with Gasteiger partial charge in [-0.3, -0.25) is 14.6 Å². The molecule has 2 saturated heterocycles. The molecule has 0 saturated carbocycles. The smallest absolute Gasteiger partial charge is 0.490 e. The number of benzene rings is 1. The second-order valence-corrected chi connectivity index (χ2v) is 10.2. The maximum atomic E-state index is 13.1. The average molecular weight is 641 g/mol. The maximum absolute atomic E-state index is 13.1. The van der Waals surface area contributed by atoms with E-state index in [1.165, 1.54) is 5.56 Å². The summed E-state index contributed by atoms with van der Waals surface area (Å²) in [5.41, 5.74) is 2.02. The largest absolute Gasteiger partial charge is 0.497 e. The third kappa shape index (κ3) is 10.7. The minimum absolute atomic E-state index is 0.0176. The molecule has 3 heterocycles. The van der Waals surface area contributed by atoms with E-state index in [1.54, 1.807) is 19.6 Å². The molecule has 4 rings (SSSR count). The number of fused-ring (bicyclic) bond motifs is 1. The number of rotatable bonds is 7. The van der Waals surface area contributed by atoms with E-state index in [1.807, 2.05) is 25.1 Å². The van der Waals surface area contributed by atoms with E-state index in [0.717, 1.165) is 63.4 Å². The van der Waals surface area contributed by atoms with Gasteiger partial charge < -0.3 is 24.1 Å². The first-order valence-corrected chi connectivity index (χ1v) is 13.4. The van der Waals surface area contributed by atoms with Crippen molar-refractivity contribution in [2.75, 3.05) is 39.9 Å². The van der Waals surface area contributed by atoms with E-state index < -0.39 is 29.7 Å². The first-order valence-electron chi connectivity index (χ1n) is 13.4. The van der Waals surface area contributed by atoms with Crippen LogP contribution in [0.25, 0.3) is 0 Å². The Bertz CT molecular complexity index is 1180. The Morgan fingerprint density at radius 1 is 0.932 bits per heavy atom. The number of furan rings is 1. The lowest BCUT2D eigenvalue weighted by Crippen LogP contribution is -2.42. The van der Waals surface area contributed by atoms with Gasteiger partial charge in [-0.05, 0) is 50.1 Å². The van der Waals surface area contributed by atoms with Gasteiger partial charge in [-0.15, -0.1) is 0 Å². The van der Waals surface area contributed by atoms with Crippen LogP contribution in [-0.2, 0) is 32.2 Å². The second-order valence-electron chi connectivity index (χ2n) is 10.2. The standard InChI is InChI=1S/C24H32N2O4.2C2HF3O2/c1-3-30-23(27)24-10-4-11-25(13-19-5-7-22(28-2)8-6-19)15-21(24)16-26(18-24)14-20-9-12-29-17-20;2*3-2(4,5)1(6)7/h5-9,12,17,21H,3-4,10-11,13-16,18H2,1-2H3;2*(H,6,7)/t21-,24-;;/m0../s1. The topological polar surface area (TPSA) is 130 Å². The molecule has 0 unspecified atom stereocenters. The highest BCUT2D eigenvalue weighted by Crippen LogP contribution is 2.44. The molecule has 2 aromatic rings. The van der Waals surface area contributed by atoms with E-state index in [4.69, 9.17) is 33.7 Å². The highest BCUT2D eigenvalue weighted by Gasteiger charge is 2.54. The minimum atomic E-state index is -5.08. The molecule has 1 aromatic heterocycles. The summed E-state index contributed by atoms with van der Waals surface area (Å²) < 4.78 is 79.6. The summed E-state index contributed by atoms with van der Waals surface area (Å²) in [4.78, 5) is 35.8. The van der Waals surface area contributed by atoms with Crippen molar-refractivity contribution in [1.29, 1.82) is 0 Å². The fourth-order valence-electron chi connectivity index (χ4n) is 5.12. The van der Waals surface area contributed by atoms with Crippen LogP contribution in [0, 0.1) is 11.3 Å². The molecule has 0 spiro atoms. The molecular formula is C28H34F6N2O8. The van der Waals surface area contributed by atoms with Crippen molar-refractivity contribution in [2.45, 2.75) is 45.2 Å². The predicted octanol–water partition coefficient (Wildman–Crippen LogP) is 4.83. The number of likely N-dealkylation sites (tertiary alicyclic amines) is 2. The molecule has 1 aromatic carbocycles. The Balaban J connectivity index is 0.000000402. The van der Waals surface area contributed by atoms with E-state index in [-0.39, 0.29) is 11.9 Å². The van der Waals surface area contributed by atoms with Crippen LogP contribution in [0.2, 0.25) is 0 Å². The summed E-state index contributed by atoms with van der Waals surface area (Å²) in [5, 5.41) is 14.2. The number of carboxylic acid groups (broad SMARTS) is 2. The number of carbonyl (C=O) groups excluding carboxylic acids is 1. The molecule has 0 bridgehead atoms. The minimum Gasteiger partial charge on any atom is -0.497 e. The molecule has 2 aliphatic heterocycles. The third-order valence-corrected chi connectivity index (χ3v) is 7.06. The molecular weight excluding hydrogens is 606 g/mol. The fraction of sp³-hybridized carbons (Fsp3) is 0.536. The second kappa shape index (κ2) is 15.8. The van der Waals surface area contributed by atoms with Gasteiger partial charge in [0.15, 0.2) is 0 Å². The van der Waals surface area contributed by atoms with Crippen molar-refractivity contribution in [2.24, 2.45) is 11.3 Å². The first-order chi connectivity index (χ1) is 20.5. The zero-order valence-electron chi connectivity index (χ0n) is 24.0. The number of esters is 1. The number of ether oxygens (including phenoxy) is 2. The quantitative estimate of drug-likeness (QED) is 0.321. The molecule has 0 amide bonds. The number of aliphatic carboxylic acids is 2. The molecule has 2 aliphatic rings. The molecule has 2 N–H and O–H groups in total. The fourth-order valence-corrected chi connectivity index (χ4v) is 5.12. The van der Waals surface area contributed by atoms with E-state index in [2.05, 4.69) is 21.9 Å². The van der Waals surface area contributed by atoms with Gasteiger partial charge in [0.2, 0.25) is 0 Å². The zero-order chi connectivity index (χ0) is 33.1. The van der Waals surface area contributed by atoms with E-state index in [9.17, 15) is 31.1 Å². The third-order valence-electron chi connectivity index (χ3n) is 7.06. The van der Waals surface area contributed by atoms with Gasteiger partial charge in [-0.25, -0.2) is 9.59 Å². The van der Waals surface area contributed by atoms with Crippen LogP contribution in [0.15, 0.2) is 47.3 Å². The average Bonchev–Trinajstić information content (AvgIpc) is 3.53. The molecule has 44 heavy (non-hydrogen) atoms. The van der Waals surface area contributed by atoms with Crippen molar-refractivity contribution in [1.82, 2.24) is 9.80 Å². The Morgan fingerprint density at radius 3 is 1.95 bits per heavy atom. The highest BCUT2D eigenvalue weighted by atomic mass is 19.4. The van der Waals surface area contributed by atoms with Crippen LogP contribution in [-0.4, -0.2) is 90.2 Å². The normalized spacial score (nSPS) is 20.6. The Labute approximate surface area is 249 Å². The summed E-state index contributed by atoms with van der Waals surface area (Å²) in [5.74, 6) is -4.39. The summed E-state index contributed by atoms with van der Waals surface area (Å²) in [6.45, 7) is 7.62.